The topological polar surface area (TPSA) is 121 Å². The summed E-state index contributed by atoms with van der Waals surface area (Å²) in [5, 5.41) is 20.4. The van der Waals surface area contributed by atoms with Crippen molar-refractivity contribution < 1.29 is 9.50 Å². The van der Waals surface area contributed by atoms with Gasteiger partial charge in [-0.3, -0.25) is 4.99 Å². The van der Waals surface area contributed by atoms with Gasteiger partial charge in [-0.05, 0) is 44.0 Å². The van der Waals surface area contributed by atoms with Crippen LogP contribution in [0.25, 0.3) is 27.9 Å². The Hall–Kier alpha value is -3.76. The molecule has 1 heterocycles. The first kappa shape index (κ1) is 20.5. The van der Waals surface area contributed by atoms with Gasteiger partial charge in [0.25, 0.3) is 0 Å². The fourth-order valence-electron chi connectivity index (χ4n) is 3.80. The van der Waals surface area contributed by atoms with Crippen LogP contribution in [0, 0.1) is 17.1 Å². The monoisotopic (exact) mass is 415 g/mol. The smallest absolute Gasteiger partial charge is 0.138 e. The molecule has 0 saturated heterocycles. The van der Waals surface area contributed by atoms with Crippen LogP contribution >= 0.6 is 0 Å². The van der Waals surface area contributed by atoms with Gasteiger partial charge in [0.05, 0.1) is 28.6 Å². The minimum atomic E-state index is -0.736. The number of amidine groups is 1. The highest BCUT2D eigenvalue weighted by atomic mass is 19.1. The number of aliphatic hydroxyl groups is 1. The van der Waals surface area contributed by atoms with Gasteiger partial charge in [-0.2, -0.15) is 5.26 Å². The number of fused-ring (bicyclic) bond motifs is 1. The van der Waals surface area contributed by atoms with Crippen molar-refractivity contribution in [1.82, 2.24) is 4.98 Å². The predicted octanol–water partition coefficient (Wildman–Crippen LogP) is 3.50. The Labute approximate surface area is 179 Å². The van der Waals surface area contributed by atoms with Crippen LogP contribution in [-0.4, -0.2) is 27.6 Å². The van der Waals surface area contributed by atoms with E-state index in [1.54, 1.807) is 31.2 Å². The second-order valence-electron chi connectivity index (χ2n) is 8.09. The van der Waals surface area contributed by atoms with Gasteiger partial charge < -0.3 is 16.6 Å². The predicted molar refractivity (Wildman–Crippen MR) is 119 cm³/mol. The number of aliphatic imine (C=N–C) groups is 1. The zero-order chi connectivity index (χ0) is 22.2. The van der Waals surface area contributed by atoms with Crippen molar-refractivity contribution in [2.24, 2.45) is 16.5 Å². The lowest BCUT2D eigenvalue weighted by atomic mass is 9.77. The Bertz CT molecular complexity index is 1260. The van der Waals surface area contributed by atoms with Crippen molar-refractivity contribution >= 4 is 22.4 Å². The fourth-order valence-corrected chi connectivity index (χ4v) is 3.80. The third-order valence-electron chi connectivity index (χ3n) is 5.43. The first-order valence-electron chi connectivity index (χ1n) is 9.89. The summed E-state index contributed by atoms with van der Waals surface area (Å²) in [5.74, 6) is -0.274. The summed E-state index contributed by atoms with van der Waals surface area (Å²) >= 11 is 0. The first-order chi connectivity index (χ1) is 14.8. The molecule has 0 amide bonds. The first-order valence-corrected chi connectivity index (χ1v) is 9.89. The molecule has 1 aliphatic carbocycles. The molecule has 3 aromatic rings. The Morgan fingerprint density at radius 2 is 1.94 bits per heavy atom. The average molecular weight is 415 g/mol. The lowest BCUT2D eigenvalue weighted by molar-refractivity contribution is -0.0280. The number of nitrogens with zero attached hydrogens (tertiary/aromatic N) is 3. The van der Waals surface area contributed by atoms with Gasteiger partial charge in [-0.1, -0.05) is 30.3 Å². The SMILES string of the molecule is CC1(O)CC(N=C(N)/C(C#N)=C(\N)c2ccc3ccc(-c4cccc(F)c4)nc3c2)C1. The standard InChI is InChI=1S/C24H22FN5O/c1-24(31)11-18(12-24)29-23(28)19(13-26)22(27)16-6-5-14-7-8-20(30-21(14)10-16)15-3-2-4-17(25)9-15/h2-10,18,31H,11-12,27H2,1H3,(H2,28,29)/b22-19-. The van der Waals surface area contributed by atoms with Crippen LogP contribution in [0.1, 0.15) is 25.3 Å². The van der Waals surface area contributed by atoms with E-state index in [1.807, 2.05) is 24.3 Å². The highest BCUT2D eigenvalue weighted by Crippen LogP contribution is 2.34. The van der Waals surface area contributed by atoms with Gasteiger partial charge in [0.2, 0.25) is 0 Å². The number of halogens is 1. The van der Waals surface area contributed by atoms with Crippen LogP contribution < -0.4 is 11.5 Å². The van der Waals surface area contributed by atoms with E-state index in [0.29, 0.717) is 35.2 Å². The number of hydrogen-bond acceptors (Lipinski definition) is 5. The van der Waals surface area contributed by atoms with E-state index in [4.69, 9.17) is 11.5 Å². The Morgan fingerprint density at radius 3 is 2.61 bits per heavy atom. The molecule has 0 radical (unpaired) electrons. The number of aromatic nitrogens is 1. The maximum atomic E-state index is 13.6. The zero-order valence-corrected chi connectivity index (χ0v) is 17.0. The molecule has 31 heavy (non-hydrogen) atoms. The summed E-state index contributed by atoms with van der Waals surface area (Å²) in [5.41, 5.74) is 14.4. The number of benzene rings is 2. The molecule has 7 heteroatoms. The van der Waals surface area contributed by atoms with Crippen molar-refractivity contribution in [2.45, 2.75) is 31.4 Å². The molecule has 0 atom stereocenters. The summed E-state index contributed by atoms with van der Waals surface area (Å²) < 4.78 is 13.6. The molecule has 4 rings (SSSR count). The number of nitrogens with two attached hydrogens (primary N) is 2. The summed E-state index contributed by atoms with van der Waals surface area (Å²) in [4.78, 5) is 8.97. The molecule has 1 saturated carbocycles. The molecule has 6 nitrogen and oxygen atoms in total. The Balaban J connectivity index is 1.70. The molecule has 156 valence electrons. The second-order valence-corrected chi connectivity index (χ2v) is 8.09. The maximum Gasteiger partial charge on any atom is 0.138 e. The molecule has 1 aliphatic rings. The van der Waals surface area contributed by atoms with E-state index in [2.05, 4.69) is 9.98 Å². The van der Waals surface area contributed by atoms with Gasteiger partial charge in [-0.15, -0.1) is 0 Å². The molecular weight excluding hydrogens is 393 g/mol. The minimum absolute atomic E-state index is 0.0575. The number of hydrogen-bond donors (Lipinski definition) is 3. The van der Waals surface area contributed by atoms with Crippen molar-refractivity contribution in [2.75, 3.05) is 0 Å². The summed E-state index contributed by atoms with van der Waals surface area (Å²) in [6.07, 6.45) is 0.990. The Morgan fingerprint density at radius 1 is 1.19 bits per heavy atom. The quantitative estimate of drug-likeness (QED) is 0.342. The van der Waals surface area contributed by atoms with E-state index < -0.39 is 5.60 Å². The van der Waals surface area contributed by atoms with E-state index in [1.165, 1.54) is 12.1 Å². The third-order valence-corrected chi connectivity index (χ3v) is 5.43. The van der Waals surface area contributed by atoms with E-state index in [-0.39, 0.29) is 29.0 Å². The number of pyridine rings is 1. The summed E-state index contributed by atoms with van der Waals surface area (Å²) in [7, 11) is 0. The van der Waals surface area contributed by atoms with Crippen molar-refractivity contribution in [3.63, 3.8) is 0 Å². The molecule has 0 bridgehead atoms. The third kappa shape index (κ3) is 4.25. The largest absolute Gasteiger partial charge is 0.397 e. The van der Waals surface area contributed by atoms with Crippen LogP contribution in [0.4, 0.5) is 4.39 Å². The van der Waals surface area contributed by atoms with Crippen molar-refractivity contribution in [3.05, 3.63) is 71.6 Å². The van der Waals surface area contributed by atoms with Crippen LogP contribution in [0.2, 0.25) is 0 Å². The van der Waals surface area contributed by atoms with Crippen LogP contribution in [0.15, 0.2) is 65.2 Å². The van der Waals surface area contributed by atoms with Crippen molar-refractivity contribution in [3.8, 4) is 17.3 Å². The second kappa shape index (κ2) is 7.82. The maximum absolute atomic E-state index is 13.6. The van der Waals surface area contributed by atoms with Crippen LogP contribution in [0.3, 0.4) is 0 Å². The highest BCUT2D eigenvalue weighted by molar-refractivity contribution is 6.07. The van der Waals surface area contributed by atoms with Gasteiger partial charge in [0.1, 0.15) is 23.3 Å². The van der Waals surface area contributed by atoms with Crippen LogP contribution in [0.5, 0.6) is 0 Å². The van der Waals surface area contributed by atoms with Gasteiger partial charge in [0, 0.05) is 16.5 Å². The van der Waals surface area contributed by atoms with E-state index in [0.717, 1.165) is 5.39 Å². The van der Waals surface area contributed by atoms with Gasteiger partial charge in [0.15, 0.2) is 0 Å². The van der Waals surface area contributed by atoms with E-state index in [9.17, 15) is 14.8 Å². The molecular formula is C24H22FN5O. The average Bonchev–Trinajstić information content (AvgIpc) is 2.72. The molecule has 2 aromatic carbocycles. The van der Waals surface area contributed by atoms with Crippen LogP contribution in [-0.2, 0) is 0 Å². The van der Waals surface area contributed by atoms with Gasteiger partial charge >= 0.3 is 0 Å². The number of nitriles is 1. The molecule has 1 fully saturated rings. The lowest BCUT2D eigenvalue weighted by Gasteiger charge is -2.38. The molecule has 1 aromatic heterocycles. The zero-order valence-electron chi connectivity index (χ0n) is 17.0. The normalized spacial score (nSPS) is 21.9. The molecule has 0 aliphatic heterocycles. The van der Waals surface area contributed by atoms with Gasteiger partial charge in [-0.25, -0.2) is 9.37 Å². The molecule has 0 spiro atoms. The fraction of sp³-hybridized carbons (Fsp3) is 0.208. The Kier molecular flexibility index (Phi) is 5.17. The molecule has 5 N–H and O–H groups in total. The number of rotatable bonds is 4. The summed E-state index contributed by atoms with van der Waals surface area (Å²) in [6.45, 7) is 1.74. The molecule has 0 unspecified atom stereocenters. The highest BCUT2D eigenvalue weighted by Gasteiger charge is 2.38. The van der Waals surface area contributed by atoms with Crippen molar-refractivity contribution in [1.29, 1.82) is 5.26 Å². The lowest BCUT2D eigenvalue weighted by Crippen LogP contribution is -2.44. The minimum Gasteiger partial charge on any atom is -0.397 e. The summed E-state index contributed by atoms with van der Waals surface area (Å²) in [6, 6.07) is 17.3. The van der Waals surface area contributed by atoms with E-state index >= 15 is 0 Å².